The van der Waals surface area contributed by atoms with Crippen LogP contribution in [-0.2, 0) is 10.5 Å². The average Bonchev–Trinajstić information content (AvgIpc) is 2.72. The van der Waals surface area contributed by atoms with Crippen molar-refractivity contribution in [1.82, 2.24) is 5.32 Å². The summed E-state index contributed by atoms with van der Waals surface area (Å²) in [6.45, 7) is 4.08. The number of aliphatic imine (C=N–C) groups is 1. The highest BCUT2D eigenvalue weighted by molar-refractivity contribution is 8.13. The van der Waals surface area contributed by atoms with E-state index >= 15 is 0 Å². The van der Waals surface area contributed by atoms with E-state index < -0.39 is 0 Å². The topological polar surface area (TPSA) is 41.5 Å². The van der Waals surface area contributed by atoms with Crippen LogP contribution in [0.5, 0.6) is 0 Å². The monoisotopic (exact) mass is 290 g/mol. The minimum Gasteiger partial charge on any atom is -0.308 e. The fourth-order valence-corrected chi connectivity index (χ4v) is 3.24. The number of nitrogens with one attached hydrogen (secondary N) is 1. The van der Waals surface area contributed by atoms with Gasteiger partial charge in [0.2, 0.25) is 6.41 Å². The summed E-state index contributed by atoms with van der Waals surface area (Å²) in [5, 5.41) is 6.01. The molecule has 1 aromatic rings. The van der Waals surface area contributed by atoms with E-state index in [-0.39, 0.29) is 6.04 Å². The van der Waals surface area contributed by atoms with Gasteiger partial charge in [0, 0.05) is 16.7 Å². The Morgan fingerprint density at radius 1 is 1.76 bits per heavy atom. The van der Waals surface area contributed by atoms with E-state index in [2.05, 4.69) is 17.2 Å². The van der Waals surface area contributed by atoms with Gasteiger partial charge in [0.1, 0.15) is 0 Å². The number of halogens is 1. The fourth-order valence-electron chi connectivity index (χ4n) is 1.02. The Labute approximate surface area is 115 Å². The van der Waals surface area contributed by atoms with Gasteiger partial charge in [0.05, 0.1) is 5.02 Å². The molecule has 1 atom stereocenters. The number of hydrogen-bond acceptors (Lipinski definition) is 4. The molecule has 0 saturated heterocycles. The molecule has 17 heavy (non-hydrogen) atoms. The van der Waals surface area contributed by atoms with Crippen molar-refractivity contribution >= 4 is 46.3 Å². The predicted molar refractivity (Wildman–Crippen MR) is 77.0 cm³/mol. The predicted octanol–water partition coefficient (Wildman–Crippen LogP) is 3.54. The fraction of sp³-hybridized carbons (Fsp3) is 0.455. The van der Waals surface area contributed by atoms with Crippen LogP contribution in [-0.4, -0.2) is 17.6 Å². The molecule has 6 heteroatoms. The first-order valence-corrected chi connectivity index (χ1v) is 7.54. The molecule has 1 N–H and O–H groups in total. The lowest BCUT2D eigenvalue weighted by molar-refractivity contribution is -0.108. The molecule has 0 aliphatic rings. The maximum atomic E-state index is 10.5. The SMILES string of the molecule is CCC(C)N=C(NC=O)SCc1sccc1Cl. The standard InChI is InChI=1S/C11H15ClN2OS2/c1-3-8(2)14-11(13-7-15)17-6-10-9(12)4-5-16-10/h4-5,7-8H,3,6H2,1-2H3,(H,13,14,15). The van der Waals surface area contributed by atoms with Gasteiger partial charge in [0.25, 0.3) is 0 Å². The van der Waals surface area contributed by atoms with Crippen molar-refractivity contribution in [1.29, 1.82) is 0 Å². The highest BCUT2D eigenvalue weighted by Gasteiger charge is 2.06. The lowest BCUT2D eigenvalue weighted by atomic mass is 10.3. The molecular weight excluding hydrogens is 276 g/mol. The van der Waals surface area contributed by atoms with Crippen molar-refractivity contribution in [3.8, 4) is 0 Å². The van der Waals surface area contributed by atoms with Crippen LogP contribution < -0.4 is 5.32 Å². The molecule has 0 aliphatic carbocycles. The molecule has 0 saturated carbocycles. The van der Waals surface area contributed by atoms with E-state index in [4.69, 9.17) is 11.6 Å². The maximum absolute atomic E-state index is 10.5. The molecule has 94 valence electrons. The molecule has 1 unspecified atom stereocenters. The second kappa shape index (κ2) is 7.74. The van der Waals surface area contributed by atoms with Crippen LogP contribution in [0.15, 0.2) is 16.4 Å². The molecule has 0 bridgehead atoms. The lowest BCUT2D eigenvalue weighted by Gasteiger charge is -2.07. The zero-order valence-electron chi connectivity index (χ0n) is 9.77. The first-order valence-electron chi connectivity index (χ1n) is 5.30. The normalized spacial score (nSPS) is 13.5. The summed E-state index contributed by atoms with van der Waals surface area (Å²) < 4.78 is 0. The van der Waals surface area contributed by atoms with Gasteiger partial charge in [-0.15, -0.1) is 11.3 Å². The van der Waals surface area contributed by atoms with Crippen molar-refractivity contribution in [3.63, 3.8) is 0 Å². The number of thiophene rings is 1. The van der Waals surface area contributed by atoms with Crippen molar-refractivity contribution < 1.29 is 4.79 Å². The quantitative estimate of drug-likeness (QED) is 0.512. The third-order valence-corrected chi connectivity index (χ3v) is 4.64. The molecule has 0 spiro atoms. The summed E-state index contributed by atoms with van der Waals surface area (Å²) in [4.78, 5) is 16.0. The highest BCUT2D eigenvalue weighted by Crippen LogP contribution is 2.26. The van der Waals surface area contributed by atoms with Gasteiger partial charge in [-0.2, -0.15) is 0 Å². The summed E-state index contributed by atoms with van der Waals surface area (Å²) in [6.07, 6.45) is 1.61. The van der Waals surface area contributed by atoms with Crippen LogP contribution in [0.2, 0.25) is 5.02 Å². The first-order chi connectivity index (χ1) is 8.17. The molecule has 0 radical (unpaired) electrons. The summed E-state index contributed by atoms with van der Waals surface area (Å²) >= 11 is 9.11. The number of hydrogen-bond donors (Lipinski definition) is 1. The summed E-state index contributed by atoms with van der Waals surface area (Å²) in [5.41, 5.74) is 0. The summed E-state index contributed by atoms with van der Waals surface area (Å²) in [7, 11) is 0. The van der Waals surface area contributed by atoms with Crippen molar-refractivity contribution in [3.05, 3.63) is 21.3 Å². The van der Waals surface area contributed by atoms with Gasteiger partial charge in [0.15, 0.2) is 5.17 Å². The third-order valence-electron chi connectivity index (χ3n) is 2.14. The Hall–Kier alpha value is -0.520. The van der Waals surface area contributed by atoms with Crippen LogP contribution in [0.4, 0.5) is 0 Å². The van der Waals surface area contributed by atoms with Crippen molar-refractivity contribution in [2.24, 2.45) is 4.99 Å². The van der Waals surface area contributed by atoms with Gasteiger partial charge in [-0.3, -0.25) is 9.79 Å². The second-order valence-corrected chi connectivity index (χ2v) is 5.81. The number of rotatable bonds is 5. The van der Waals surface area contributed by atoms with Crippen LogP contribution in [0.3, 0.4) is 0 Å². The van der Waals surface area contributed by atoms with E-state index in [0.717, 1.165) is 22.1 Å². The van der Waals surface area contributed by atoms with Gasteiger partial charge < -0.3 is 5.32 Å². The van der Waals surface area contributed by atoms with Gasteiger partial charge in [-0.05, 0) is 24.8 Å². The zero-order chi connectivity index (χ0) is 12.7. The van der Waals surface area contributed by atoms with Gasteiger partial charge in [-0.25, -0.2) is 0 Å². The Morgan fingerprint density at radius 2 is 2.53 bits per heavy atom. The molecule has 1 heterocycles. The van der Waals surface area contributed by atoms with Gasteiger partial charge in [-0.1, -0.05) is 30.3 Å². The van der Waals surface area contributed by atoms with E-state index in [9.17, 15) is 4.79 Å². The maximum Gasteiger partial charge on any atom is 0.213 e. The minimum absolute atomic E-state index is 0.212. The van der Waals surface area contributed by atoms with Crippen molar-refractivity contribution in [2.75, 3.05) is 0 Å². The van der Waals surface area contributed by atoms with E-state index in [1.54, 1.807) is 11.3 Å². The first kappa shape index (κ1) is 14.5. The molecule has 1 amide bonds. The number of nitrogens with zero attached hydrogens (tertiary/aromatic N) is 1. The Balaban J connectivity index is 2.58. The van der Waals surface area contributed by atoms with Crippen LogP contribution in [0, 0.1) is 0 Å². The number of amidine groups is 1. The highest BCUT2D eigenvalue weighted by atomic mass is 35.5. The lowest BCUT2D eigenvalue weighted by Crippen LogP contribution is -2.20. The van der Waals surface area contributed by atoms with Gasteiger partial charge >= 0.3 is 0 Å². The molecule has 1 aromatic heterocycles. The summed E-state index contributed by atoms with van der Waals surface area (Å²) in [6, 6.07) is 2.09. The minimum atomic E-state index is 0.212. The average molecular weight is 291 g/mol. The number of thioether (sulfide) groups is 1. The summed E-state index contributed by atoms with van der Waals surface area (Å²) in [5.74, 6) is 0.729. The Morgan fingerprint density at radius 3 is 3.06 bits per heavy atom. The zero-order valence-corrected chi connectivity index (χ0v) is 12.2. The van der Waals surface area contributed by atoms with Crippen molar-refractivity contribution in [2.45, 2.75) is 32.1 Å². The van der Waals surface area contributed by atoms with E-state index in [1.165, 1.54) is 11.8 Å². The van der Waals surface area contributed by atoms with E-state index in [0.29, 0.717) is 11.6 Å². The second-order valence-electron chi connectivity index (χ2n) is 3.43. The largest absolute Gasteiger partial charge is 0.308 e. The Bertz CT molecular complexity index is 393. The molecular formula is C11H15ClN2OS2. The van der Waals surface area contributed by atoms with Crippen LogP contribution >= 0.6 is 34.7 Å². The Kier molecular flexibility index (Phi) is 6.62. The number of carbonyl (C=O) groups excluding carboxylic acids is 1. The van der Waals surface area contributed by atoms with Crippen LogP contribution in [0.25, 0.3) is 0 Å². The smallest absolute Gasteiger partial charge is 0.213 e. The molecule has 1 rings (SSSR count). The molecule has 3 nitrogen and oxygen atoms in total. The number of amides is 1. The third kappa shape index (κ3) is 5.10. The molecule has 0 aliphatic heterocycles. The number of carbonyl (C=O) groups is 1. The van der Waals surface area contributed by atoms with Crippen LogP contribution in [0.1, 0.15) is 25.1 Å². The molecule has 0 aromatic carbocycles. The molecule has 0 fully saturated rings. The van der Waals surface area contributed by atoms with E-state index in [1.807, 2.05) is 18.4 Å².